The molecule has 0 unspecified atom stereocenters. The van der Waals surface area contributed by atoms with Gasteiger partial charge < -0.3 is 4.90 Å². The fraction of sp³-hybridized carbons (Fsp3) is 0.0182. The summed E-state index contributed by atoms with van der Waals surface area (Å²) in [6.45, 7) is 0. The van der Waals surface area contributed by atoms with Crippen LogP contribution in [0.2, 0.25) is 0 Å². The lowest BCUT2D eigenvalue weighted by molar-refractivity contribution is 0.794. The fourth-order valence-corrected chi connectivity index (χ4v) is 11.0. The Labute approximate surface area is 336 Å². The van der Waals surface area contributed by atoms with Gasteiger partial charge in [0, 0.05) is 37.1 Å². The third-order valence-electron chi connectivity index (χ3n) is 12.3. The Kier molecular flexibility index (Phi) is 7.08. The van der Waals surface area contributed by atoms with Crippen LogP contribution in [0.3, 0.4) is 0 Å². The summed E-state index contributed by atoms with van der Waals surface area (Å²) in [7, 11) is 0. The van der Waals surface area contributed by atoms with Crippen LogP contribution in [0.25, 0.3) is 64.7 Å². The molecule has 9 aromatic carbocycles. The van der Waals surface area contributed by atoms with Gasteiger partial charge in [0.15, 0.2) is 0 Å². The van der Waals surface area contributed by atoms with Crippen molar-refractivity contribution in [2.75, 3.05) is 4.90 Å². The van der Waals surface area contributed by atoms with E-state index in [0.29, 0.717) is 0 Å². The molecule has 0 atom stereocenters. The van der Waals surface area contributed by atoms with Gasteiger partial charge in [0.25, 0.3) is 0 Å². The van der Waals surface area contributed by atoms with Crippen LogP contribution in [-0.4, -0.2) is 0 Å². The van der Waals surface area contributed by atoms with Crippen molar-refractivity contribution >= 4 is 48.6 Å². The van der Waals surface area contributed by atoms with Gasteiger partial charge in [-0.05, 0) is 97.6 Å². The maximum atomic E-state index is 2.49. The molecule has 0 saturated carbocycles. The van der Waals surface area contributed by atoms with Gasteiger partial charge in [0.05, 0.1) is 11.1 Å². The molecule has 12 rings (SSSR count). The van der Waals surface area contributed by atoms with Crippen LogP contribution >= 0.6 is 11.3 Å². The van der Waals surface area contributed by atoms with Crippen molar-refractivity contribution in [1.29, 1.82) is 0 Å². The number of anilines is 3. The van der Waals surface area contributed by atoms with Crippen molar-refractivity contribution in [2.45, 2.75) is 5.41 Å². The lowest BCUT2D eigenvalue weighted by Gasteiger charge is -2.32. The van der Waals surface area contributed by atoms with Gasteiger partial charge in [0.1, 0.15) is 0 Å². The number of rotatable bonds is 5. The zero-order valence-electron chi connectivity index (χ0n) is 31.1. The monoisotopic (exact) mass is 741 g/mol. The fourth-order valence-electron chi connectivity index (χ4n) is 9.88. The molecule has 266 valence electrons. The second-order valence-corrected chi connectivity index (χ2v) is 16.3. The highest BCUT2D eigenvalue weighted by atomic mass is 32.1. The van der Waals surface area contributed by atoms with Crippen LogP contribution in [0.15, 0.2) is 212 Å². The molecule has 2 aliphatic rings. The first kappa shape index (κ1) is 32.3. The van der Waals surface area contributed by atoms with Crippen molar-refractivity contribution in [3.63, 3.8) is 0 Å². The lowest BCUT2D eigenvalue weighted by Crippen LogP contribution is -2.26. The number of benzene rings is 9. The van der Waals surface area contributed by atoms with Crippen LogP contribution in [-0.2, 0) is 5.41 Å². The molecule has 0 radical (unpaired) electrons. The first-order valence-electron chi connectivity index (χ1n) is 19.7. The van der Waals surface area contributed by atoms with Gasteiger partial charge in [-0.2, -0.15) is 0 Å². The van der Waals surface area contributed by atoms with E-state index in [0.717, 1.165) is 11.4 Å². The highest BCUT2D eigenvalue weighted by Crippen LogP contribution is 2.64. The van der Waals surface area contributed by atoms with E-state index in [9.17, 15) is 0 Å². The van der Waals surface area contributed by atoms with E-state index in [-0.39, 0.29) is 0 Å². The Morgan fingerprint density at radius 2 is 0.825 bits per heavy atom. The van der Waals surface area contributed by atoms with E-state index in [1.807, 2.05) is 11.3 Å². The topological polar surface area (TPSA) is 3.24 Å². The molecule has 2 aliphatic carbocycles. The van der Waals surface area contributed by atoms with Crippen molar-refractivity contribution in [3.8, 4) is 44.5 Å². The Bertz CT molecular complexity index is 3130. The second kappa shape index (κ2) is 12.5. The van der Waals surface area contributed by atoms with Crippen molar-refractivity contribution in [3.05, 3.63) is 235 Å². The zero-order chi connectivity index (χ0) is 37.5. The van der Waals surface area contributed by atoms with Gasteiger partial charge in [-0.25, -0.2) is 0 Å². The Morgan fingerprint density at radius 3 is 1.51 bits per heavy atom. The summed E-state index contributed by atoms with van der Waals surface area (Å²) >= 11 is 1.87. The summed E-state index contributed by atoms with van der Waals surface area (Å²) in [5, 5.41) is 2.61. The highest BCUT2D eigenvalue weighted by molar-refractivity contribution is 7.25. The quantitative estimate of drug-likeness (QED) is 0.170. The molecule has 0 bridgehead atoms. The first-order valence-corrected chi connectivity index (χ1v) is 20.5. The molecule has 0 amide bonds. The minimum atomic E-state index is -0.411. The number of hydrogen-bond acceptors (Lipinski definition) is 2. The maximum Gasteiger partial charge on any atom is 0.0726 e. The van der Waals surface area contributed by atoms with Crippen molar-refractivity contribution in [2.24, 2.45) is 0 Å². The molecule has 0 N–H and O–H groups in total. The van der Waals surface area contributed by atoms with Crippen molar-refractivity contribution in [1.82, 2.24) is 0 Å². The zero-order valence-corrected chi connectivity index (χ0v) is 31.9. The average Bonchev–Trinajstić information content (AvgIpc) is 3.91. The first-order chi connectivity index (χ1) is 28.3. The number of fused-ring (bicyclic) bond motifs is 13. The number of hydrogen-bond donors (Lipinski definition) is 0. The van der Waals surface area contributed by atoms with E-state index in [1.165, 1.54) is 92.6 Å². The molecule has 0 saturated heterocycles. The van der Waals surface area contributed by atoms with E-state index in [2.05, 4.69) is 217 Å². The lowest BCUT2D eigenvalue weighted by atomic mass is 9.70. The third kappa shape index (κ3) is 4.68. The molecule has 1 heterocycles. The molecule has 0 fully saturated rings. The highest BCUT2D eigenvalue weighted by Gasteiger charge is 2.52. The smallest absolute Gasteiger partial charge is 0.0726 e. The molecular weight excluding hydrogens is 707 g/mol. The summed E-state index contributed by atoms with van der Waals surface area (Å²) in [5.41, 5.74) is 18.5. The minimum Gasteiger partial charge on any atom is -0.310 e. The second-order valence-electron chi connectivity index (χ2n) is 15.2. The van der Waals surface area contributed by atoms with Crippen LogP contribution in [0, 0.1) is 0 Å². The van der Waals surface area contributed by atoms with E-state index in [1.54, 1.807) is 0 Å². The van der Waals surface area contributed by atoms with E-state index < -0.39 is 5.41 Å². The number of thiophene rings is 1. The molecule has 2 heteroatoms. The van der Waals surface area contributed by atoms with E-state index in [4.69, 9.17) is 0 Å². The summed E-state index contributed by atoms with van der Waals surface area (Å²) in [5.74, 6) is 0. The Morgan fingerprint density at radius 1 is 0.333 bits per heavy atom. The maximum absolute atomic E-state index is 2.49. The molecule has 0 aliphatic heterocycles. The molecule has 1 aromatic heterocycles. The van der Waals surface area contributed by atoms with Crippen LogP contribution in [0.1, 0.15) is 22.3 Å². The molecular formula is C55H35NS. The SMILES string of the molecule is c1ccc(-c2ccc(-c3ccc(N(c4ccc5c(c4)sc4ccccc45)c4cccc5c4-c4ccccc4C54c5ccccc5-c5ccccc54)cc3)cc2)cc1. The summed E-state index contributed by atoms with van der Waals surface area (Å²) < 4.78 is 2.60. The number of nitrogens with zero attached hydrogens (tertiary/aromatic N) is 1. The van der Waals surface area contributed by atoms with Gasteiger partial charge in [-0.15, -0.1) is 11.3 Å². The van der Waals surface area contributed by atoms with Gasteiger partial charge in [-0.1, -0.05) is 176 Å². The predicted molar refractivity (Wildman–Crippen MR) is 241 cm³/mol. The van der Waals surface area contributed by atoms with Crippen LogP contribution in [0.5, 0.6) is 0 Å². The third-order valence-corrected chi connectivity index (χ3v) is 13.4. The summed E-state index contributed by atoms with van der Waals surface area (Å²) in [4.78, 5) is 2.49. The molecule has 1 nitrogen and oxygen atoms in total. The largest absolute Gasteiger partial charge is 0.310 e. The van der Waals surface area contributed by atoms with Crippen LogP contribution in [0.4, 0.5) is 17.1 Å². The van der Waals surface area contributed by atoms with E-state index >= 15 is 0 Å². The van der Waals surface area contributed by atoms with Gasteiger partial charge in [-0.3, -0.25) is 0 Å². The molecule has 57 heavy (non-hydrogen) atoms. The summed E-state index contributed by atoms with van der Waals surface area (Å²) in [6.07, 6.45) is 0. The summed E-state index contributed by atoms with van der Waals surface area (Å²) in [6, 6.07) is 78.7. The minimum absolute atomic E-state index is 0.411. The molecule has 1 spiro atoms. The molecule has 10 aromatic rings. The standard InChI is InChI=1S/C55H35NS/c1-2-13-36(14-3-1)37-25-27-38(28-26-37)39-29-31-40(32-30-39)56(41-33-34-45-44-17-7-11-24-52(44)57-53(45)35-41)51-23-12-22-50-54(51)46-18-6-10-21-49(46)55(50)47-19-8-4-15-42(47)43-16-5-9-20-48(43)55/h1-35H. The normalized spacial score (nSPS) is 13.1. The average molecular weight is 742 g/mol. The van der Waals surface area contributed by atoms with Gasteiger partial charge >= 0.3 is 0 Å². The van der Waals surface area contributed by atoms with Crippen LogP contribution < -0.4 is 4.90 Å². The Hall–Kier alpha value is -7.00. The van der Waals surface area contributed by atoms with Crippen molar-refractivity contribution < 1.29 is 0 Å². The predicted octanol–water partition coefficient (Wildman–Crippen LogP) is 15.2. The Balaban J connectivity index is 1.07. The van der Waals surface area contributed by atoms with Gasteiger partial charge in [0.2, 0.25) is 0 Å².